The Morgan fingerprint density at radius 1 is 1.21 bits per heavy atom. The molecule has 0 bridgehead atoms. The van der Waals surface area contributed by atoms with Crippen LogP contribution in [0.4, 0.5) is 13.2 Å². The zero-order chi connectivity index (χ0) is 20.1. The van der Waals surface area contributed by atoms with Crippen molar-refractivity contribution in [1.29, 1.82) is 5.26 Å². The van der Waals surface area contributed by atoms with Crippen LogP contribution in [0, 0.1) is 11.3 Å². The Bertz CT molecular complexity index is 1080. The van der Waals surface area contributed by atoms with Gasteiger partial charge in [-0.2, -0.15) is 23.5 Å². The maximum atomic E-state index is 12.8. The van der Waals surface area contributed by atoms with Gasteiger partial charge in [-0.3, -0.25) is 0 Å². The second-order valence-corrected chi connectivity index (χ2v) is 6.83. The minimum atomic E-state index is -4.43. The van der Waals surface area contributed by atoms with E-state index in [-0.39, 0.29) is 5.69 Å². The fourth-order valence-electron chi connectivity index (χ4n) is 3.22. The first-order chi connectivity index (χ1) is 13.2. The second-order valence-electron chi connectivity index (χ2n) is 6.83. The summed E-state index contributed by atoms with van der Waals surface area (Å²) in [6, 6.07) is 8.29. The Balaban J connectivity index is 1.84. The minimum Gasteiger partial charge on any atom is -0.347 e. The molecule has 1 fully saturated rings. The van der Waals surface area contributed by atoms with Crippen LogP contribution in [-0.4, -0.2) is 27.2 Å². The van der Waals surface area contributed by atoms with Crippen LogP contribution in [-0.2, 0) is 15.7 Å². The lowest BCUT2D eigenvalue weighted by molar-refractivity contribution is -0.139. The summed E-state index contributed by atoms with van der Waals surface area (Å²) in [6.45, 7) is 3.90. The van der Waals surface area contributed by atoms with Gasteiger partial charge < -0.3 is 9.47 Å². The number of rotatable bonds is 2. The number of halogens is 3. The van der Waals surface area contributed by atoms with Crippen molar-refractivity contribution in [2.75, 3.05) is 6.61 Å². The Labute approximate surface area is 158 Å². The maximum Gasteiger partial charge on any atom is 0.416 e. The molecule has 3 heterocycles. The van der Waals surface area contributed by atoms with Crippen molar-refractivity contribution in [3.05, 3.63) is 53.3 Å². The third kappa shape index (κ3) is 3.10. The number of benzene rings is 1. The zero-order valence-electron chi connectivity index (χ0n) is 15.0. The number of nitriles is 1. The molecule has 144 valence electrons. The van der Waals surface area contributed by atoms with E-state index in [4.69, 9.17) is 9.47 Å². The minimum absolute atomic E-state index is 0.117. The third-order valence-corrected chi connectivity index (χ3v) is 4.50. The topological polar surface area (TPSA) is 73.0 Å². The lowest BCUT2D eigenvalue weighted by Gasteiger charge is -2.17. The average molecular weight is 388 g/mol. The molecule has 1 saturated heterocycles. The van der Waals surface area contributed by atoms with Gasteiger partial charge in [0.25, 0.3) is 0 Å². The molecule has 0 N–H and O–H groups in total. The van der Waals surface area contributed by atoms with Crippen LogP contribution in [0.15, 0.2) is 36.5 Å². The number of pyridine rings is 1. The second kappa shape index (κ2) is 6.29. The smallest absolute Gasteiger partial charge is 0.347 e. The van der Waals surface area contributed by atoms with Crippen molar-refractivity contribution in [2.24, 2.45) is 0 Å². The highest BCUT2D eigenvalue weighted by Crippen LogP contribution is 2.37. The number of alkyl halides is 3. The molecule has 6 nitrogen and oxygen atoms in total. The van der Waals surface area contributed by atoms with Crippen molar-refractivity contribution in [2.45, 2.75) is 31.9 Å². The molecule has 0 spiro atoms. The largest absolute Gasteiger partial charge is 0.416 e. The average Bonchev–Trinajstić information content (AvgIpc) is 3.21. The molecule has 0 saturated carbocycles. The third-order valence-electron chi connectivity index (χ3n) is 4.50. The summed E-state index contributed by atoms with van der Waals surface area (Å²) < 4.78 is 51.3. The van der Waals surface area contributed by atoms with E-state index < -0.39 is 23.6 Å². The van der Waals surface area contributed by atoms with Crippen LogP contribution in [0.2, 0.25) is 0 Å². The summed E-state index contributed by atoms with van der Waals surface area (Å²) in [5.41, 5.74) is 0.785. The maximum absolute atomic E-state index is 12.8. The fourth-order valence-corrected chi connectivity index (χ4v) is 3.22. The van der Waals surface area contributed by atoms with E-state index in [9.17, 15) is 18.4 Å². The number of nitrogens with zero attached hydrogens (tertiary/aromatic N) is 4. The molecule has 2 aromatic heterocycles. The van der Waals surface area contributed by atoms with E-state index in [1.807, 2.05) is 6.07 Å². The molecule has 4 rings (SSSR count). The van der Waals surface area contributed by atoms with Crippen molar-refractivity contribution < 1.29 is 22.6 Å². The van der Waals surface area contributed by atoms with Crippen LogP contribution < -0.4 is 0 Å². The first kappa shape index (κ1) is 18.4. The Kier molecular flexibility index (Phi) is 4.14. The van der Waals surface area contributed by atoms with Gasteiger partial charge in [-0.15, -0.1) is 0 Å². The van der Waals surface area contributed by atoms with E-state index in [1.54, 1.807) is 26.1 Å². The SMILES string of the molecule is CC1(C)OCC(c2ccnc3c2c(C#N)nn3-c2ccc(C(F)(F)F)cc2)O1. The van der Waals surface area contributed by atoms with Gasteiger partial charge in [0, 0.05) is 6.20 Å². The number of aromatic nitrogens is 3. The van der Waals surface area contributed by atoms with E-state index in [0.717, 1.165) is 12.1 Å². The van der Waals surface area contributed by atoms with E-state index >= 15 is 0 Å². The predicted octanol–water partition coefficient (Wildman–Crippen LogP) is 4.13. The van der Waals surface area contributed by atoms with Crippen LogP contribution in [0.1, 0.15) is 36.8 Å². The number of fused-ring (bicyclic) bond motifs is 1. The molecular weight excluding hydrogens is 373 g/mol. The molecule has 3 aromatic rings. The van der Waals surface area contributed by atoms with Crippen molar-refractivity contribution >= 4 is 11.0 Å². The van der Waals surface area contributed by atoms with E-state index in [2.05, 4.69) is 10.1 Å². The highest BCUT2D eigenvalue weighted by Gasteiger charge is 2.35. The molecule has 28 heavy (non-hydrogen) atoms. The summed E-state index contributed by atoms with van der Waals surface area (Å²) in [5, 5.41) is 14.3. The van der Waals surface area contributed by atoms with Crippen molar-refractivity contribution in [3.63, 3.8) is 0 Å². The molecule has 9 heteroatoms. The van der Waals surface area contributed by atoms with Crippen molar-refractivity contribution in [1.82, 2.24) is 14.8 Å². The molecule has 1 aliphatic heterocycles. The highest BCUT2D eigenvalue weighted by molar-refractivity contribution is 5.86. The van der Waals surface area contributed by atoms with Crippen LogP contribution in [0.25, 0.3) is 16.7 Å². The van der Waals surface area contributed by atoms with E-state index in [0.29, 0.717) is 28.9 Å². The van der Waals surface area contributed by atoms with Gasteiger partial charge in [0.1, 0.15) is 12.2 Å². The Hall–Kier alpha value is -2.96. The molecule has 0 radical (unpaired) electrons. The van der Waals surface area contributed by atoms with Gasteiger partial charge in [0.15, 0.2) is 17.1 Å². The molecule has 1 aliphatic rings. The normalized spacial score (nSPS) is 19.1. The fraction of sp³-hybridized carbons (Fsp3) is 0.316. The monoisotopic (exact) mass is 388 g/mol. The lowest BCUT2D eigenvalue weighted by Crippen LogP contribution is -2.19. The van der Waals surface area contributed by atoms with Crippen LogP contribution >= 0.6 is 0 Å². The molecule has 1 atom stereocenters. The number of hydrogen-bond acceptors (Lipinski definition) is 5. The summed E-state index contributed by atoms with van der Waals surface area (Å²) in [4.78, 5) is 4.30. The van der Waals surface area contributed by atoms with Crippen LogP contribution in [0.5, 0.6) is 0 Å². The van der Waals surface area contributed by atoms with Gasteiger partial charge in [0.05, 0.1) is 23.2 Å². The van der Waals surface area contributed by atoms with Crippen LogP contribution in [0.3, 0.4) is 0 Å². The summed E-state index contributed by atoms with van der Waals surface area (Å²) in [6.07, 6.45) is -3.28. The predicted molar refractivity (Wildman–Crippen MR) is 92.4 cm³/mol. The van der Waals surface area contributed by atoms with Crippen molar-refractivity contribution in [3.8, 4) is 11.8 Å². The highest BCUT2D eigenvalue weighted by atomic mass is 19.4. The first-order valence-corrected chi connectivity index (χ1v) is 8.47. The quantitative estimate of drug-likeness (QED) is 0.660. The molecule has 0 aliphatic carbocycles. The first-order valence-electron chi connectivity index (χ1n) is 8.47. The zero-order valence-corrected chi connectivity index (χ0v) is 15.0. The lowest BCUT2D eigenvalue weighted by atomic mass is 10.1. The van der Waals surface area contributed by atoms with E-state index in [1.165, 1.54) is 16.8 Å². The molecule has 1 aromatic carbocycles. The van der Waals surface area contributed by atoms with Gasteiger partial charge in [-0.25, -0.2) is 9.67 Å². The van der Waals surface area contributed by atoms with Gasteiger partial charge in [0.2, 0.25) is 0 Å². The molecule has 0 amide bonds. The summed E-state index contributed by atoms with van der Waals surface area (Å²) in [5.74, 6) is -0.753. The number of hydrogen-bond donors (Lipinski definition) is 0. The number of ether oxygens (including phenoxy) is 2. The van der Waals surface area contributed by atoms with Gasteiger partial charge >= 0.3 is 6.18 Å². The molecule has 1 unspecified atom stereocenters. The Morgan fingerprint density at radius 3 is 2.50 bits per heavy atom. The Morgan fingerprint density at radius 2 is 1.93 bits per heavy atom. The summed E-state index contributed by atoms with van der Waals surface area (Å²) >= 11 is 0. The van der Waals surface area contributed by atoms with Gasteiger partial charge in [-0.05, 0) is 49.7 Å². The van der Waals surface area contributed by atoms with Gasteiger partial charge in [-0.1, -0.05) is 0 Å². The molecular formula is C19H15F3N4O2. The summed E-state index contributed by atoms with van der Waals surface area (Å²) in [7, 11) is 0. The standard InChI is InChI=1S/C19H15F3N4O2/c1-18(2)27-10-15(28-18)13-7-8-24-17-16(13)14(9-23)25-26(17)12-5-3-11(4-6-12)19(20,21)22/h3-8,15H,10H2,1-2H3.